The van der Waals surface area contributed by atoms with Gasteiger partial charge in [-0.15, -0.1) is 0 Å². The maximum atomic E-state index is 13.1. The Kier molecular flexibility index (Phi) is 4.73. The van der Waals surface area contributed by atoms with Crippen LogP contribution in [0.5, 0.6) is 5.75 Å². The first-order valence-corrected chi connectivity index (χ1v) is 8.80. The fraction of sp³-hybridized carbons (Fsp3) is 0.462. The Bertz CT molecular complexity index is 646. The van der Waals surface area contributed by atoms with E-state index < -0.39 is 19.8 Å². The van der Waals surface area contributed by atoms with Crippen molar-refractivity contribution < 1.29 is 22.3 Å². The van der Waals surface area contributed by atoms with E-state index in [0.29, 0.717) is 6.54 Å². The van der Waals surface area contributed by atoms with Crippen LogP contribution in [0, 0.1) is 5.82 Å². The van der Waals surface area contributed by atoms with Crippen molar-refractivity contribution in [3.8, 4) is 5.75 Å². The summed E-state index contributed by atoms with van der Waals surface area (Å²) in [4.78, 5) is 13.2. The number of hydrogen-bond donors (Lipinski definition) is 0. The molecule has 1 fully saturated rings. The van der Waals surface area contributed by atoms with E-state index in [1.165, 1.54) is 0 Å². The quantitative estimate of drug-likeness (QED) is 0.747. The van der Waals surface area contributed by atoms with Gasteiger partial charge in [0, 0.05) is 23.3 Å². The summed E-state index contributed by atoms with van der Waals surface area (Å²) >= 11 is 0. The number of likely N-dealkylation sites (N-methyl/N-ethyl adjacent to an activating group) is 1. The number of halogens is 2. The van der Waals surface area contributed by atoms with Crippen molar-refractivity contribution >= 4 is 25.6 Å². The second kappa shape index (κ2) is 6.19. The number of benzene rings is 1. The van der Waals surface area contributed by atoms with E-state index in [0.717, 1.165) is 31.0 Å². The van der Waals surface area contributed by atoms with Gasteiger partial charge in [-0.25, -0.2) is 12.8 Å². The second-order valence-electron chi connectivity index (χ2n) is 4.73. The van der Waals surface area contributed by atoms with Gasteiger partial charge < -0.3 is 9.64 Å². The molecule has 1 saturated carbocycles. The van der Waals surface area contributed by atoms with Crippen LogP contribution in [0.2, 0.25) is 0 Å². The van der Waals surface area contributed by atoms with Crippen LogP contribution in [0.3, 0.4) is 0 Å². The van der Waals surface area contributed by atoms with Crippen LogP contribution in [0.25, 0.3) is 0 Å². The van der Waals surface area contributed by atoms with Gasteiger partial charge >= 0.3 is 0 Å². The molecule has 0 radical (unpaired) electrons. The van der Waals surface area contributed by atoms with Crippen molar-refractivity contribution in [3.63, 3.8) is 0 Å². The molecule has 0 atom stereocenters. The number of amides is 1. The lowest BCUT2D eigenvalue weighted by Gasteiger charge is -2.20. The SMILES string of the molecule is CCN(C(=O)COc1ccc(F)cc1S(=O)(=O)Cl)C1CC1. The van der Waals surface area contributed by atoms with E-state index in [4.69, 9.17) is 15.4 Å². The fourth-order valence-corrected chi connectivity index (χ4v) is 3.02. The molecular weight excluding hydrogens is 321 g/mol. The third-order valence-electron chi connectivity index (χ3n) is 3.17. The molecule has 0 heterocycles. The normalized spacial score (nSPS) is 14.8. The van der Waals surface area contributed by atoms with Gasteiger partial charge in [0.25, 0.3) is 15.0 Å². The Morgan fingerprint density at radius 3 is 2.67 bits per heavy atom. The molecule has 0 N–H and O–H groups in total. The Hall–Kier alpha value is -1.34. The zero-order valence-electron chi connectivity index (χ0n) is 11.4. The third kappa shape index (κ3) is 4.07. The van der Waals surface area contributed by atoms with Crippen LogP contribution >= 0.6 is 10.7 Å². The van der Waals surface area contributed by atoms with Crippen LogP contribution < -0.4 is 4.74 Å². The predicted molar refractivity (Wildman–Crippen MR) is 75.3 cm³/mol. The third-order valence-corrected chi connectivity index (χ3v) is 4.51. The van der Waals surface area contributed by atoms with E-state index in [9.17, 15) is 17.6 Å². The molecule has 1 aromatic rings. The number of ether oxygens (including phenoxy) is 1. The molecule has 1 amide bonds. The molecule has 116 valence electrons. The lowest BCUT2D eigenvalue weighted by Crippen LogP contribution is -2.36. The highest BCUT2D eigenvalue weighted by molar-refractivity contribution is 8.13. The first-order chi connectivity index (χ1) is 9.82. The van der Waals surface area contributed by atoms with E-state index >= 15 is 0 Å². The van der Waals surface area contributed by atoms with Gasteiger partial charge in [0.1, 0.15) is 16.5 Å². The van der Waals surface area contributed by atoms with E-state index in [1.54, 1.807) is 4.90 Å². The van der Waals surface area contributed by atoms with Gasteiger partial charge in [-0.05, 0) is 38.0 Å². The number of carbonyl (C=O) groups is 1. The minimum atomic E-state index is -4.15. The zero-order valence-corrected chi connectivity index (χ0v) is 13.0. The van der Waals surface area contributed by atoms with E-state index in [1.807, 2.05) is 6.92 Å². The van der Waals surface area contributed by atoms with Crippen molar-refractivity contribution in [1.82, 2.24) is 4.90 Å². The lowest BCUT2D eigenvalue weighted by atomic mass is 10.3. The van der Waals surface area contributed by atoms with E-state index in [2.05, 4.69) is 0 Å². The molecule has 0 aromatic heterocycles. The summed E-state index contributed by atoms with van der Waals surface area (Å²) in [5, 5.41) is 0. The summed E-state index contributed by atoms with van der Waals surface area (Å²) in [6, 6.07) is 3.20. The summed E-state index contributed by atoms with van der Waals surface area (Å²) in [5.74, 6) is -1.12. The predicted octanol–water partition coefficient (Wildman–Crippen LogP) is 2.14. The Morgan fingerprint density at radius 2 is 2.14 bits per heavy atom. The molecule has 0 spiro atoms. The van der Waals surface area contributed by atoms with Crippen molar-refractivity contribution in [2.45, 2.75) is 30.7 Å². The summed E-state index contributed by atoms with van der Waals surface area (Å²) in [6.07, 6.45) is 1.94. The number of nitrogens with zero attached hydrogens (tertiary/aromatic N) is 1. The molecule has 1 aliphatic rings. The van der Waals surface area contributed by atoms with Gasteiger partial charge in [-0.1, -0.05) is 0 Å². The van der Waals surface area contributed by atoms with E-state index in [-0.39, 0.29) is 24.3 Å². The van der Waals surface area contributed by atoms with Crippen molar-refractivity contribution in [2.24, 2.45) is 0 Å². The number of hydrogen-bond acceptors (Lipinski definition) is 4. The standard InChI is InChI=1S/C13H15ClFNO4S/c1-2-16(10-4-5-10)13(17)8-20-11-6-3-9(15)7-12(11)21(14,18)19/h3,6-7,10H,2,4-5,8H2,1H3. The average Bonchev–Trinajstić information content (AvgIpc) is 3.21. The highest BCUT2D eigenvalue weighted by Gasteiger charge is 2.31. The molecule has 0 aliphatic heterocycles. The Balaban J connectivity index is 2.11. The maximum Gasteiger partial charge on any atom is 0.265 e. The smallest absolute Gasteiger partial charge is 0.265 e. The molecule has 0 unspecified atom stereocenters. The first-order valence-electron chi connectivity index (χ1n) is 6.49. The fourth-order valence-electron chi connectivity index (χ4n) is 2.04. The number of carbonyl (C=O) groups excluding carboxylic acids is 1. The van der Waals surface area contributed by atoms with Gasteiger partial charge in [0.2, 0.25) is 0 Å². The largest absolute Gasteiger partial charge is 0.482 e. The minimum Gasteiger partial charge on any atom is -0.482 e. The highest BCUT2D eigenvalue weighted by Crippen LogP contribution is 2.29. The monoisotopic (exact) mass is 335 g/mol. The minimum absolute atomic E-state index is 0.133. The molecule has 0 bridgehead atoms. The van der Waals surface area contributed by atoms with Crippen LogP contribution in [0.4, 0.5) is 4.39 Å². The van der Waals surface area contributed by atoms with Crippen molar-refractivity contribution in [2.75, 3.05) is 13.2 Å². The van der Waals surface area contributed by atoms with Crippen molar-refractivity contribution in [3.05, 3.63) is 24.0 Å². The van der Waals surface area contributed by atoms with Crippen molar-refractivity contribution in [1.29, 1.82) is 0 Å². The zero-order chi connectivity index (χ0) is 15.6. The van der Waals surface area contributed by atoms with Gasteiger partial charge in [0.05, 0.1) is 0 Å². The average molecular weight is 336 g/mol. The molecule has 1 aliphatic carbocycles. The summed E-state index contributed by atoms with van der Waals surface area (Å²) in [5.41, 5.74) is 0. The van der Waals surface area contributed by atoms with Crippen LogP contribution in [0.1, 0.15) is 19.8 Å². The van der Waals surface area contributed by atoms with Crippen LogP contribution in [-0.4, -0.2) is 38.4 Å². The van der Waals surface area contributed by atoms with Gasteiger partial charge in [-0.3, -0.25) is 4.79 Å². The molecule has 0 saturated heterocycles. The summed E-state index contributed by atoms with van der Waals surface area (Å²) in [7, 11) is 1.08. The second-order valence-corrected chi connectivity index (χ2v) is 7.26. The Morgan fingerprint density at radius 1 is 1.48 bits per heavy atom. The molecule has 1 aromatic carbocycles. The number of rotatable bonds is 6. The molecule has 8 heteroatoms. The molecule has 21 heavy (non-hydrogen) atoms. The first kappa shape index (κ1) is 16.0. The summed E-state index contributed by atoms with van der Waals surface area (Å²) in [6.45, 7) is 2.12. The topological polar surface area (TPSA) is 63.7 Å². The summed E-state index contributed by atoms with van der Waals surface area (Å²) < 4.78 is 41.1. The highest BCUT2D eigenvalue weighted by atomic mass is 35.7. The maximum absolute atomic E-state index is 13.1. The lowest BCUT2D eigenvalue weighted by molar-refractivity contribution is -0.133. The van der Waals surface area contributed by atoms with Gasteiger partial charge in [0.15, 0.2) is 6.61 Å². The van der Waals surface area contributed by atoms with Crippen LogP contribution in [0.15, 0.2) is 23.1 Å². The molecule has 5 nitrogen and oxygen atoms in total. The van der Waals surface area contributed by atoms with Crippen LogP contribution in [-0.2, 0) is 13.8 Å². The Labute approximate surface area is 127 Å². The van der Waals surface area contributed by atoms with Gasteiger partial charge in [-0.2, -0.15) is 0 Å². The molecule has 2 rings (SSSR count). The molecular formula is C13H15ClFNO4S.